The normalized spacial score (nSPS) is 18.6. The molecule has 1 saturated carbocycles. The second-order valence-electron chi connectivity index (χ2n) is 5.38. The summed E-state index contributed by atoms with van der Waals surface area (Å²) >= 11 is 0. The highest BCUT2D eigenvalue weighted by Gasteiger charge is 2.48. The Morgan fingerprint density at radius 3 is 2.84 bits per heavy atom. The van der Waals surface area contributed by atoms with Crippen molar-refractivity contribution in [3.8, 4) is 0 Å². The van der Waals surface area contributed by atoms with E-state index in [1.807, 2.05) is 26.2 Å². The molecule has 5 heteroatoms. The average Bonchev–Trinajstić information content (AvgIpc) is 3.04. The van der Waals surface area contributed by atoms with Gasteiger partial charge in [-0.15, -0.1) is 0 Å². The second-order valence-corrected chi connectivity index (χ2v) is 5.38. The third-order valence-electron chi connectivity index (χ3n) is 4.10. The van der Waals surface area contributed by atoms with Crippen molar-refractivity contribution < 1.29 is 4.42 Å². The molecular weight excluding hydrogens is 242 g/mol. The molecule has 102 valence electrons. The standard InChI is InChI=1S/C14H19N3O2/c1-15-8-14(5-6-14)12(16-2)9-3-4-10-11(7-9)19-13(18)17-10/h3-4,7,12,15-16H,5-6,8H2,1-2H3,(H,17,18). The molecule has 1 atom stereocenters. The molecule has 1 aliphatic carbocycles. The van der Waals surface area contributed by atoms with Crippen LogP contribution in [0.5, 0.6) is 0 Å². The first-order valence-electron chi connectivity index (χ1n) is 6.63. The van der Waals surface area contributed by atoms with Gasteiger partial charge in [0, 0.05) is 18.0 Å². The van der Waals surface area contributed by atoms with Crippen molar-refractivity contribution in [1.29, 1.82) is 0 Å². The maximum atomic E-state index is 11.2. The quantitative estimate of drug-likeness (QED) is 0.760. The molecule has 1 heterocycles. The first-order valence-corrected chi connectivity index (χ1v) is 6.63. The Hall–Kier alpha value is -1.59. The molecule has 0 bridgehead atoms. The number of aromatic amines is 1. The van der Waals surface area contributed by atoms with Crippen LogP contribution in [0.15, 0.2) is 27.4 Å². The summed E-state index contributed by atoms with van der Waals surface area (Å²) in [5.74, 6) is -0.399. The fourth-order valence-electron chi connectivity index (χ4n) is 3.05. The molecule has 0 amide bonds. The summed E-state index contributed by atoms with van der Waals surface area (Å²) in [5.41, 5.74) is 2.84. The Morgan fingerprint density at radius 1 is 1.42 bits per heavy atom. The summed E-state index contributed by atoms with van der Waals surface area (Å²) in [7, 11) is 3.97. The summed E-state index contributed by atoms with van der Waals surface area (Å²) in [5, 5.41) is 6.68. The number of hydrogen-bond donors (Lipinski definition) is 3. The van der Waals surface area contributed by atoms with Gasteiger partial charge in [-0.2, -0.15) is 0 Å². The Balaban J connectivity index is 1.99. The Morgan fingerprint density at radius 2 is 2.21 bits per heavy atom. The van der Waals surface area contributed by atoms with E-state index in [1.165, 1.54) is 18.4 Å². The van der Waals surface area contributed by atoms with Crippen LogP contribution >= 0.6 is 0 Å². The van der Waals surface area contributed by atoms with Crippen LogP contribution in [-0.4, -0.2) is 25.6 Å². The number of aromatic nitrogens is 1. The van der Waals surface area contributed by atoms with Crippen molar-refractivity contribution in [1.82, 2.24) is 15.6 Å². The van der Waals surface area contributed by atoms with Crippen molar-refractivity contribution in [3.63, 3.8) is 0 Å². The fourth-order valence-corrected chi connectivity index (χ4v) is 3.05. The van der Waals surface area contributed by atoms with Gasteiger partial charge in [-0.1, -0.05) is 6.07 Å². The topological polar surface area (TPSA) is 70.1 Å². The highest BCUT2D eigenvalue weighted by Crippen LogP contribution is 2.54. The first kappa shape index (κ1) is 12.4. The zero-order valence-electron chi connectivity index (χ0n) is 11.2. The largest absolute Gasteiger partial charge is 0.417 e. The van der Waals surface area contributed by atoms with Gasteiger partial charge >= 0.3 is 5.76 Å². The number of hydrogen-bond acceptors (Lipinski definition) is 4. The molecule has 3 N–H and O–H groups in total. The zero-order chi connectivity index (χ0) is 13.5. The lowest BCUT2D eigenvalue weighted by Gasteiger charge is -2.27. The zero-order valence-corrected chi connectivity index (χ0v) is 11.2. The molecular formula is C14H19N3O2. The summed E-state index contributed by atoms with van der Waals surface area (Å²) in [6.45, 7) is 0.994. The summed E-state index contributed by atoms with van der Waals surface area (Å²) in [6, 6.07) is 6.22. The molecule has 19 heavy (non-hydrogen) atoms. The van der Waals surface area contributed by atoms with E-state index in [9.17, 15) is 4.79 Å². The molecule has 0 spiro atoms. The predicted molar refractivity (Wildman–Crippen MR) is 74.2 cm³/mol. The van der Waals surface area contributed by atoms with Gasteiger partial charge in [0.2, 0.25) is 0 Å². The molecule has 1 aliphatic rings. The van der Waals surface area contributed by atoms with E-state index in [0.29, 0.717) is 5.58 Å². The van der Waals surface area contributed by atoms with Crippen LogP contribution in [0, 0.1) is 5.41 Å². The van der Waals surface area contributed by atoms with Gasteiger partial charge in [0.15, 0.2) is 5.58 Å². The van der Waals surface area contributed by atoms with Crippen LogP contribution in [0.3, 0.4) is 0 Å². The minimum Gasteiger partial charge on any atom is -0.408 e. The van der Waals surface area contributed by atoms with Crippen molar-refractivity contribution in [2.24, 2.45) is 5.41 Å². The van der Waals surface area contributed by atoms with Crippen LogP contribution in [0.4, 0.5) is 0 Å². The van der Waals surface area contributed by atoms with E-state index >= 15 is 0 Å². The summed E-state index contributed by atoms with van der Waals surface area (Å²) in [4.78, 5) is 13.9. The number of benzene rings is 1. The monoisotopic (exact) mass is 261 g/mol. The molecule has 5 nitrogen and oxygen atoms in total. The lowest BCUT2D eigenvalue weighted by molar-refractivity contribution is 0.347. The number of H-pyrrole nitrogens is 1. The van der Waals surface area contributed by atoms with E-state index in [-0.39, 0.29) is 11.5 Å². The lowest BCUT2D eigenvalue weighted by atomic mass is 9.90. The van der Waals surface area contributed by atoms with Crippen LogP contribution in [0.1, 0.15) is 24.4 Å². The maximum Gasteiger partial charge on any atom is 0.417 e. The van der Waals surface area contributed by atoms with Crippen LogP contribution in [-0.2, 0) is 0 Å². The molecule has 3 rings (SSSR count). The van der Waals surface area contributed by atoms with Crippen LogP contribution in [0.2, 0.25) is 0 Å². The van der Waals surface area contributed by atoms with Gasteiger partial charge in [-0.3, -0.25) is 4.98 Å². The number of oxazole rings is 1. The van der Waals surface area contributed by atoms with E-state index in [0.717, 1.165) is 12.1 Å². The molecule has 0 saturated heterocycles. The summed E-state index contributed by atoms with van der Waals surface area (Å²) in [6.07, 6.45) is 2.43. The van der Waals surface area contributed by atoms with E-state index < -0.39 is 5.76 Å². The molecule has 0 aliphatic heterocycles. The van der Waals surface area contributed by atoms with Gasteiger partial charge in [-0.25, -0.2) is 4.79 Å². The number of fused-ring (bicyclic) bond motifs is 1. The van der Waals surface area contributed by atoms with Gasteiger partial charge in [0.1, 0.15) is 0 Å². The van der Waals surface area contributed by atoms with Crippen LogP contribution < -0.4 is 16.4 Å². The molecule has 1 fully saturated rings. The smallest absolute Gasteiger partial charge is 0.408 e. The second kappa shape index (κ2) is 4.51. The highest BCUT2D eigenvalue weighted by atomic mass is 16.4. The molecule has 1 aromatic heterocycles. The van der Waals surface area contributed by atoms with Gasteiger partial charge < -0.3 is 15.1 Å². The third kappa shape index (κ3) is 2.09. The van der Waals surface area contributed by atoms with Crippen molar-refractivity contribution in [2.75, 3.05) is 20.6 Å². The van der Waals surface area contributed by atoms with E-state index in [2.05, 4.69) is 21.7 Å². The van der Waals surface area contributed by atoms with Crippen molar-refractivity contribution in [3.05, 3.63) is 34.3 Å². The first-order chi connectivity index (χ1) is 9.18. The van der Waals surface area contributed by atoms with Gasteiger partial charge in [0.25, 0.3) is 0 Å². The maximum absolute atomic E-state index is 11.2. The summed E-state index contributed by atoms with van der Waals surface area (Å²) < 4.78 is 5.14. The van der Waals surface area contributed by atoms with Crippen molar-refractivity contribution in [2.45, 2.75) is 18.9 Å². The fraction of sp³-hybridized carbons (Fsp3) is 0.500. The van der Waals surface area contributed by atoms with E-state index in [1.54, 1.807) is 0 Å². The molecule has 0 radical (unpaired) electrons. The molecule has 1 aromatic carbocycles. The Bertz CT molecular complexity index is 639. The third-order valence-corrected chi connectivity index (χ3v) is 4.10. The minimum absolute atomic E-state index is 0.282. The van der Waals surface area contributed by atoms with Gasteiger partial charge in [0.05, 0.1) is 5.52 Å². The lowest BCUT2D eigenvalue weighted by Crippen LogP contribution is -2.33. The number of nitrogens with one attached hydrogen (secondary N) is 3. The van der Waals surface area contributed by atoms with Crippen LogP contribution in [0.25, 0.3) is 11.1 Å². The van der Waals surface area contributed by atoms with E-state index in [4.69, 9.17) is 4.42 Å². The van der Waals surface area contributed by atoms with Crippen molar-refractivity contribution >= 4 is 11.1 Å². The molecule has 2 aromatic rings. The number of rotatable bonds is 5. The Labute approximate surface area is 111 Å². The highest BCUT2D eigenvalue weighted by molar-refractivity contribution is 5.73. The van der Waals surface area contributed by atoms with Gasteiger partial charge in [-0.05, 0) is 44.6 Å². The Kier molecular flexibility index (Phi) is 2.95. The average molecular weight is 261 g/mol. The molecule has 1 unspecified atom stereocenters. The SMILES string of the molecule is CNCC1(C(NC)c2ccc3[nH]c(=O)oc3c2)CC1. The minimum atomic E-state index is -0.399. The predicted octanol–water partition coefficient (Wildman–Crippen LogP) is 1.38.